The van der Waals surface area contributed by atoms with E-state index in [1.54, 1.807) is 25.3 Å². The predicted molar refractivity (Wildman–Crippen MR) is 85.2 cm³/mol. The summed E-state index contributed by atoms with van der Waals surface area (Å²) in [5.41, 5.74) is 3.95. The zero-order chi connectivity index (χ0) is 15.6. The van der Waals surface area contributed by atoms with Crippen LogP contribution in [-0.2, 0) is 18.3 Å². The number of nitrogens with zero attached hydrogens (tertiary/aromatic N) is 1. The molecule has 112 valence electrons. The smallest absolute Gasteiger partial charge is 0.228 e. The molecule has 4 nitrogen and oxygen atoms in total. The van der Waals surface area contributed by atoms with Gasteiger partial charge in [0.05, 0.1) is 18.6 Å². The number of aryl methyl sites for hydroxylation is 1. The van der Waals surface area contributed by atoms with Crippen molar-refractivity contribution in [2.24, 2.45) is 7.05 Å². The molecule has 5 heteroatoms. The van der Waals surface area contributed by atoms with Crippen LogP contribution in [0.4, 0.5) is 5.69 Å². The largest absolute Gasteiger partial charge is 0.495 e. The number of nitrogens with one attached hydrogen (secondary N) is 1. The van der Waals surface area contributed by atoms with Crippen LogP contribution in [0.1, 0.15) is 17.0 Å². The number of rotatable bonds is 4. The summed E-state index contributed by atoms with van der Waals surface area (Å²) in [5, 5.41) is 3.32. The Morgan fingerprint density at radius 2 is 2.05 bits per heavy atom. The highest BCUT2D eigenvalue weighted by Gasteiger charge is 2.11. The van der Waals surface area contributed by atoms with Crippen LogP contribution in [0.5, 0.6) is 5.75 Å². The molecule has 1 amide bonds. The highest BCUT2D eigenvalue weighted by atomic mass is 35.5. The monoisotopic (exact) mass is 306 g/mol. The van der Waals surface area contributed by atoms with Crippen molar-refractivity contribution in [3.05, 3.63) is 46.2 Å². The van der Waals surface area contributed by atoms with E-state index in [4.69, 9.17) is 16.3 Å². The minimum Gasteiger partial charge on any atom is -0.495 e. The maximum Gasteiger partial charge on any atom is 0.228 e. The number of benzene rings is 1. The zero-order valence-corrected chi connectivity index (χ0v) is 13.4. The summed E-state index contributed by atoms with van der Waals surface area (Å²) in [7, 11) is 3.55. The van der Waals surface area contributed by atoms with Gasteiger partial charge in [0.2, 0.25) is 5.91 Å². The maximum absolute atomic E-state index is 12.1. The van der Waals surface area contributed by atoms with Crippen LogP contribution in [0.3, 0.4) is 0 Å². The van der Waals surface area contributed by atoms with Gasteiger partial charge < -0.3 is 14.6 Å². The van der Waals surface area contributed by atoms with Gasteiger partial charge in [0.1, 0.15) is 5.75 Å². The van der Waals surface area contributed by atoms with Crippen LogP contribution in [0.15, 0.2) is 24.3 Å². The third-order valence-corrected chi connectivity index (χ3v) is 3.96. The second-order valence-electron chi connectivity index (χ2n) is 5.03. The molecule has 2 aromatic rings. The van der Waals surface area contributed by atoms with Gasteiger partial charge in [0, 0.05) is 24.1 Å². The molecule has 0 fully saturated rings. The van der Waals surface area contributed by atoms with E-state index < -0.39 is 0 Å². The van der Waals surface area contributed by atoms with Crippen LogP contribution in [0.25, 0.3) is 0 Å². The lowest BCUT2D eigenvalue weighted by molar-refractivity contribution is -0.115. The van der Waals surface area contributed by atoms with E-state index in [9.17, 15) is 4.79 Å². The average Bonchev–Trinajstić information content (AvgIpc) is 2.66. The molecule has 21 heavy (non-hydrogen) atoms. The van der Waals surface area contributed by atoms with E-state index in [2.05, 4.69) is 9.88 Å². The summed E-state index contributed by atoms with van der Waals surface area (Å²) in [6, 6.07) is 7.22. The first-order chi connectivity index (χ1) is 9.92. The van der Waals surface area contributed by atoms with Crippen molar-refractivity contribution >= 4 is 23.2 Å². The lowest BCUT2D eigenvalue weighted by Gasteiger charge is -2.08. The molecule has 1 aromatic carbocycles. The number of hydrogen-bond donors (Lipinski definition) is 1. The van der Waals surface area contributed by atoms with Gasteiger partial charge in [-0.3, -0.25) is 4.79 Å². The van der Waals surface area contributed by atoms with Crippen molar-refractivity contribution in [1.82, 2.24) is 4.57 Å². The number of amides is 1. The second kappa shape index (κ2) is 6.22. The van der Waals surface area contributed by atoms with Crippen LogP contribution in [0, 0.1) is 13.8 Å². The van der Waals surface area contributed by atoms with Crippen LogP contribution < -0.4 is 10.1 Å². The molecule has 0 saturated carbocycles. The molecule has 0 bridgehead atoms. The van der Waals surface area contributed by atoms with Crippen molar-refractivity contribution in [2.75, 3.05) is 12.4 Å². The maximum atomic E-state index is 12.1. The number of hydrogen-bond acceptors (Lipinski definition) is 2. The molecular weight excluding hydrogens is 288 g/mol. The Labute approximate surface area is 129 Å². The van der Waals surface area contributed by atoms with Gasteiger partial charge in [-0.2, -0.15) is 0 Å². The van der Waals surface area contributed by atoms with Gasteiger partial charge in [-0.05, 0) is 43.7 Å². The average molecular weight is 307 g/mol. The molecule has 0 spiro atoms. The Morgan fingerprint density at radius 1 is 1.33 bits per heavy atom. The van der Waals surface area contributed by atoms with E-state index in [0.29, 0.717) is 22.9 Å². The number of carbonyl (C=O) groups is 1. The standard InChI is InChI=1S/C16H19ClN2O2/c1-10-7-12(11(2)19(10)3)8-16(20)18-13-5-6-15(21-4)14(17)9-13/h5-7,9H,8H2,1-4H3,(H,18,20). The molecule has 0 aliphatic carbocycles. The lowest BCUT2D eigenvalue weighted by Crippen LogP contribution is -2.14. The van der Waals surface area contributed by atoms with Crippen LogP contribution in [-0.4, -0.2) is 17.6 Å². The van der Waals surface area contributed by atoms with Crippen molar-refractivity contribution in [3.8, 4) is 5.75 Å². The number of anilines is 1. The third kappa shape index (κ3) is 3.39. The zero-order valence-electron chi connectivity index (χ0n) is 12.7. The van der Waals surface area contributed by atoms with Gasteiger partial charge in [0.15, 0.2) is 0 Å². The molecule has 2 rings (SSSR count). The second-order valence-corrected chi connectivity index (χ2v) is 5.44. The van der Waals surface area contributed by atoms with E-state index in [1.807, 2.05) is 27.0 Å². The highest BCUT2D eigenvalue weighted by Crippen LogP contribution is 2.27. The lowest BCUT2D eigenvalue weighted by atomic mass is 10.1. The molecule has 0 saturated heterocycles. The first-order valence-corrected chi connectivity index (χ1v) is 7.05. The van der Waals surface area contributed by atoms with E-state index in [1.165, 1.54) is 0 Å². The Balaban J connectivity index is 2.08. The van der Waals surface area contributed by atoms with Gasteiger partial charge in [-0.15, -0.1) is 0 Å². The number of ether oxygens (including phenoxy) is 1. The molecule has 0 radical (unpaired) electrons. The number of methoxy groups -OCH3 is 1. The first-order valence-electron chi connectivity index (χ1n) is 6.67. The van der Waals surface area contributed by atoms with Gasteiger partial charge >= 0.3 is 0 Å². The molecular formula is C16H19ClN2O2. The molecule has 1 heterocycles. The fraction of sp³-hybridized carbons (Fsp3) is 0.312. The number of aromatic nitrogens is 1. The molecule has 1 aromatic heterocycles. The Morgan fingerprint density at radius 3 is 2.57 bits per heavy atom. The van der Waals surface area contributed by atoms with Crippen molar-refractivity contribution in [3.63, 3.8) is 0 Å². The van der Waals surface area contributed by atoms with Crippen molar-refractivity contribution < 1.29 is 9.53 Å². The Bertz CT molecular complexity index is 677. The van der Waals surface area contributed by atoms with Gasteiger partial charge in [0.25, 0.3) is 0 Å². The Kier molecular flexibility index (Phi) is 4.58. The quantitative estimate of drug-likeness (QED) is 0.939. The predicted octanol–water partition coefficient (Wildman–Crippen LogP) is 3.49. The summed E-state index contributed by atoms with van der Waals surface area (Å²) < 4.78 is 7.16. The molecule has 0 aliphatic heterocycles. The SMILES string of the molecule is COc1ccc(NC(=O)Cc2cc(C)n(C)c2C)cc1Cl. The Hall–Kier alpha value is -1.94. The van der Waals surface area contributed by atoms with Gasteiger partial charge in [-0.25, -0.2) is 0 Å². The van der Waals surface area contributed by atoms with Crippen molar-refractivity contribution in [2.45, 2.75) is 20.3 Å². The van der Waals surface area contributed by atoms with E-state index in [-0.39, 0.29) is 5.91 Å². The van der Waals surface area contributed by atoms with E-state index in [0.717, 1.165) is 17.0 Å². The summed E-state index contributed by atoms with van der Waals surface area (Å²) in [6.45, 7) is 4.04. The molecule has 0 atom stereocenters. The highest BCUT2D eigenvalue weighted by molar-refractivity contribution is 6.32. The fourth-order valence-corrected chi connectivity index (χ4v) is 2.49. The minimum absolute atomic E-state index is 0.0649. The van der Waals surface area contributed by atoms with Crippen molar-refractivity contribution in [1.29, 1.82) is 0 Å². The minimum atomic E-state index is -0.0649. The molecule has 0 unspecified atom stereocenters. The normalized spacial score (nSPS) is 10.5. The third-order valence-electron chi connectivity index (χ3n) is 3.67. The molecule has 0 aliphatic rings. The van der Waals surface area contributed by atoms with Crippen LogP contribution >= 0.6 is 11.6 Å². The molecule has 1 N–H and O–H groups in total. The van der Waals surface area contributed by atoms with E-state index >= 15 is 0 Å². The summed E-state index contributed by atoms with van der Waals surface area (Å²) in [5.74, 6) is 0.522. The van der Waals surface area contributed by atoms with Crippen LogP contribution in [0.2, 0.25) is 5.02 Å². The summed E-state index contributed by atoms with van der Waals surface area (Å²) in [4.78, 5) is 12.1. The summed E-state index contributed by atoms with van der Waals surface area (Å²) in [6.07, 6.45) is 0.344. The fourth-order valence-electron chi connectivity index (χ4n) is 2.23. The van der Waals surface area contributed by atoms with Gasteiger partial charge in [-0.1, -0.05) is 11.6 Å². The first kappa shape index (κ1) is 15.4. The topological polar surface area (TPSA) is 43.3 Å². The number of halogens is 1. The summed E-state index contributed by atoms with van der Waals surface area (Å²) >= 11 is 6.04. The number of carbonyl (C=O) groups excluding carboxylic acids is 1.